The minimum Gasteiger partial charge on any atom is -0.494 e. The van der Waals surface area contributed by atoms with Crippen LogP contribution in [0.15, 0.2) is 36.5 Å². The zero-order chi connectivity index (χ0) is 17.6. The summed E-state index contributed by atoms with van der Waals surface area (Å²) in [7, 11) is 0. The van der Waals surface area contributed by atoms with Crippen LogP contribution < -0.4 is 15.0 Å². The number of benzene rings is 1. The summed E-state index contributed by atoms with van der Waals surface area (Å²) in [6.07, 6.45) is 3.60. The van der Waals surface area contributed by atoms with E-state index in [2.05, 4.69) is 20.2 Å². The van der Waals surface area contributed by atoms with Crippen LogP contribution >= 0.6 is 0 Å². The third-order valence-corrected chi connectivity index (χ3v) is 4.29. The van der Waals surface area contributed by atoms with Crippen molar-refractivity contribution >= 4 is 17.5 Å². The highest BCUT2D eigenvalue weighted by atomic mass is 16.5. The molecule has 1 aliphatic rings. The number of nitrogens with zero attached hydrogens (tertiary/aromatic N) is 3. The molecule has 1 aliphatic heterocycles. The Morgan fingerprint density at radius 2 is 2.12 bits per heavy atom. The van der Waals surface area contributed by atoms with Gasteiger partial charge in [0.15, 0.2) is 0 Å². The second-order valence-corrected chi connectivity index (χ2v) is 6.23. The molecule has 6 nitrogen and oxygen atoms in total. The Labute approximate surface area is 148 Å². The number of rotatable bonds is 5. The van der Waals surface area contributed by atoms with Crippen LogP contribution in [0.5, 0.6) is 5.75 Å². The molecule has 1 saturated heterocycles. The van der Waals surface area contributed by atoms with E-state index in [4.69, 9.17) is 4.74 Å². The summed E-state index contributed by atoms with van der Waals surface area (Å²) in [4.78, 5) is 23.5. The molecule has 1 aromatic heterocycles. The van der Waals surface area contributed by atoms with E-state index in [9.17, 15) is 4.79 Å². The van der Waals surface area contributed by atoms with Gasteiger partial charge < -0.3 is 15.0 Å². The van der Waals surface area contributed by atoms with Gasteiger partial charge in [0.2, 0.25) is 11.9 Å². The van der Waals surface area contributed by atoms with Gasteiger partial charge in [-0.2, -0.15) is 0 Å². The predicted molar refractivity (Wildman–Crippen MR) is 97.9 cm³/mol. The molecule has 1 fully saturated rings. The molecule has 1 amide bonds. The van der Waals surface area contributed by atoms with Crippen molar-refractivity contribution in [2.45, 2.75) is 26.7 Å². The van der Waals surface area contributed by atoms with Crippen LogP contribution in [-0.2, 0) is 4.79 Å². The standard InChI is InChI=1S/C19H24N4O2/c1-3-25-17-8-6-16(7-9-17)22-18(24)15-5-4-12-23(13-15)19-20-11-10-14(2)21-19/h6-11,15H,3-5,12-13H2,1-2H3,(H,22,24)/t15-/m1/s1. The number of anilines is 2. The minimum absolute atomic E-state index is 0.0431. The van der Waals surface area contributed by atoms with Crippen LogP contribution in [0.4, 0.5) is 11.6 Å². The quantitative estimate of drug-likeness (QED) is 0.906. The largest absolute Gasteiger partial charge is 0.494 e. The van der Waals surface area contributed by atoms with E-state index in [0.717, 1.165) is 36.5 Å². The number of hydrogen-bond acceptors (Lipinski definition) is 5. The lowest BCUT2D eigenvalue weighted by Gasteiger charge is -2.32. The average molecular weight is 340 g/mol. The lowest BCUT2D eigenvalue weighted by atomic mass is 9.97. The number of carbonyl (C=O) groups excluding carboxylic acids is 1. The molecule has 0 saturated carbocycles. The number of hydrogen-bond donors (Lipinski definition) is 1. The number of nitrogens with one attached hydrogen (secondary N) is 1. The second-order valence-electron chi connectivity index (χ2n) is 6.23. The molecule has 1 atom stereocenters. The van der Waals surface area contributed by atoms with Crippen molar-refractivity contribution in [3.63, 3.8) is 0 Å². The maximum atomic E-state index is 12.6. The van der Waals surface area contributed by atoms with E-state index in [-0.39, 0.29) is 11.8 Å². The molecule has 3 rings (SSSR count). The lowest BCUT2D eigenvalue weighted by Crippen LogP contribution is -2.41. The zero-order valence-corrected chi connectivity index (χ0v) is 14.7. The van der Waals surface area contributed by atoms with Crippen LogP contribution in [0, 0.1) is 12.8 Å². The first-order valence-corrected chi connectivity index (χ1v) is 8.74. The molecule has 0 radical (unpaired) electrons. The third-order valence-electron chi connectivity index (χ3n) is 4.29. The van der Waals surface area contributed by atoms with E-state index < -0.39 is 0 Å². The molecule has 132 valence electrons. The van der Waals surface area contributed by atoms with Gasteiger partial charge in [-0.3, -0.25) is 4.79 Å². The van der Waals surface area contributed by atoms with Gasteiger partial charge in [0.25, 0.3) is 0 Å². The second kappa shape index (κ2) is 7.96. The first kappa shape index (κ1) is 17.2. The van der Waals surface area contributed by atoms with E-state index in [1.807, 2.05) is 44.2 Å². The van der Waals surface area contributed by atoms with Gasteiger partial charge in [-0.1, -0.05) is 0 Å². The molecule has 2 heterocycles. The van der Waals surface area contributed by atoms with Crippen LogP contribution in [0.3, 0.4) is 0 Å². The number of ether oxygens (including phenoxy) is 1. The molecular weight excluding hydrogens is 316 g/mol. The van der Waals surface area contributed by atoms with Crippen LogP contribution in [0.1, 0.15) is 25.5 Å². The summed E-state index contributed by atoms with van der Waals surface area (Å²) in [5, 5.41) is 3.00. The van der Waals surface area contributed by atoms with Crippen LogP contribution in [0.25, 0.3) is 0 Å². The number of aryl methyl sites for hydroxylation is 1. The van der Waals surface area contributed by atoms with Gasteiger partial charge in [0.1, 0.15) is 5.75 Å². The Bertz CT molecular complexity index is 718. The van der Waals surface area contributed by atoms with Crippen molar-refractivity contribution in [2.24, 2.45) is 5.92 Å². The van der Waals surface area contributed by atoms with Crippen LogP contribution in [-0.4, -0.2) is 35.6 Å². The van der Waals surface area contributed by atoms with Gasteiger partial charge in [-0.05, 0) is 57.0 Å². The zero-order valence-electron chi connectivity index (χ0n) is 14.7. The summed E-state index contributed by atoms with van der Waals surface area (Å²) in [6.45, 7) is 6.06. The smallest absolute Gasteiger partial charge is 0.229 e. The fourth-order valence-corrected chi connectivity index (χ4v) is 3.01. The molecule has 0 bridgehead atoms. The van der Waals surface area contributed by atoms with E-state index in [1.165, 1.54) is 0 Å². The highest BCUT2D eigenvalue weighted by molar-refractivity contribution is 5.93. The maximum absolute atomic E-state index is 12.6. The average Bonchev–Trinajstić information content (AvgIpc) is 2.64. The Morgan fingerprint density at radius 1 is 1.32 bits per heavy atom. The molecule has 0 spiro atoms. The van der Waals surface area contributed by atoms with Gasteiger partial charge in [-0.25, -0.2) is 9.97 Å². The minimum atomic E-state index is -0.0653. The Morgan fingerprint density at radius 3 is 2.84 bits per heavy atom. The Balaban J connectivity index is 1.61. The number of carbonyl (C=O) groups is 1. The molecule has 1 N–H and O–H groups in total. The van der Waals surface area contributed by atoms with Crippen molar-refractivity contribution in [1.82, 2.24) is 9.97 Å². The van der Waals surface area contributed by atoms with Gasteiger partial charge in [0, 0.05) is 30.7 Å². The van der Waals surface area contributed by atoms with Crippen molar-refractivity contribution in [3.8, 4) is 5.75 Å². The Kier molecular flexibility index (Phi) is 5.48. The van der Waals surface area contributed by atoms with E-state index in [1.54, 1.807) is 6.20 Å². The molecular formula is C19H24N4O2. The molecule has 6 heteroatoms. The fourth-order valence-electron chi connectivity index (χ4n) is 3.01. The van der Waals surface area contributed by atoms with E-state index >= 15 is 0 Å². The third kappa shape index (κ3) is 4.47. The SMILES string of the molecule is CCOc1ccc(NC(=O)[C@@H]2CCCN(c3nccc(C)n3)C2)cc1. The monoisotopic (exact) mass is 340 g/mol. The summed E-state index contributed by atoms with van der Waals surface area (Å²) >= 11 is 0. The van der Waals surface area contributed by atoms with Crippen molar-refractivity contribution in [3.05, 3.63) is 42.2 Å². The highest BCUT2D eigenvalue weighted by Gasteiger charge is 2.27. The summed E-state index contributed by atoms with van der Waals surface area (Å²) in [5.41, 5.74) is 1.73. The van der Waals surface area contributed by atoms with Gasteiger partial charge >= 0.3 is 0 Å². The van der Waals surface area contributed by atoms with Crippen molar-refractivity contribution in [1.29, 1.82) is 0 Å². The topological polar surface area (TPSA) is 67.3 Å². The summed E-state index contributed by atoms with van der Waals surface area (Å²) in [5.74, 6) is 1.49. The fraction of sp³-hybridized carbons (Fsp3) is 0.421. The number of amides is 1. The molecule has 1 aromatic carbocycles. The molecule has 0 unspecified atom stereocenters. The lowest BCUT2D eigenvalue weighted by molar-refractivity contribution is -0.120. The molecule has 25 heavy (non-hydrogen) atoms. The van der Waals surface area contributed by atoms with Crippen molar-refractivity contribution < 1.29 is 9.53 Å². The first-order valence-electron chi connectivity index (χ1n) is 8.74. The Hall–Kier alpha value is -2.63. The number of aromatic nitrogens is 2. The molecule has 2 aromatic rings. The first-order chi connectivity index (χ1) is 12.2. The van der Waals surface area contributed by atoms with Gasteiger partial charge in [-0.15, -0.1) is 0 Å². The number of piperidine rings is 1. The summed E-state index contributed by atoms with van der Waals surface area (Å²) in [6, 6.07) is 9.35. The normalized spacial score (nSPS) is 17.2. The molecule has 0 aliphatic carbocycles. The highest BCUT2D eigenvalue weighted by Crippen LogP contribution is 2.22. The van der Waals surface area contributed by atoms with E-state index in [0.29, 0.717) is 19.1 Å². The predicted octanol–water partition coefficient (Wildman–Crippen LogP) is 3.04. The summed E-state index contributed by atoms with van der Waals surface area (Å²) < 4.78 is 5.42. The van der Waals surface area contributed by atoms with Gasteiger partial charge in [0.05, 0.1) is 12.5 Å². The van der Waals surface area contributed by atoms with Crippen molar-refractivity contribution in [2.75, 3.05) is 29.9 Å². The maximum Gasteiger partial charge on any atom is 0.229 e. The van der Waals surface area contributed by atoms with Crippen LogP contribution in [0.2, 0.25) is 0 Å².